The Morgan fingerprint density at radius 3 is 2.61 bits per heavy atom. The van der Waals surface area contributed by atoms with Crippen LogP contribution in [-0.4, -0.2) is 35.2 Å². The second kappa shape index (κ2) is 7.62. The molecule has 1 aromatic heterocycles. The molecule has 28 heavy (non-hydrogen) atoms. The zero-order chi connectivity index (χ0) is 20.5. The highest BCUT2D eigenvalue weighted by atomic mass is 79.9. The van der Waals surface area contributed by atoms with Gasteiger partial charge in [0.15, 0.2) is 5.78 Å². The molecule has 1 heterocycles. The fourth-order valence-electron chi connectivity index (χ4n) is 3.56. The van der Waals surface area contributed by atoms with E-state index < -0.39 is 36.2 Å². The fourth-order valence-corrected chi connectivity index (χ4v) is 3.77. The minimum atomic E-state index is -4.58. The Balaban J connectivity index is 1.98. The average molecular weight is 457 g/mol. The molecule has 0 saturated heterocycles. The van der Waals surface area contributed by atoms with Crippen LogP contribution in [0.2, 0.25) is 0 Å². The molecule has 9 heteroatoms. The first-order chi connectivity index (χ1) is 13.1. The predicted molar refractivity (Wildman–Crippen MR) is 97.6 cm³/mol. The zero-order valence-corrected chi connectivity index (χ0v) is 16.4. The minimum Gasteiger partial charge on any atom is -0.469 e. The predicted octanol–water partition coefficient (Wildman–Crippen LogP) is 4.54. The lowest BCUT2D eigenvalue weighted by molar-refractivity contribution is -0.161. The number of halogens is 4. The molecule has 5 nitrogen and oxygen atoms in total. The molecule has 0 N–H and O–H groups in total. The number of hydrogen-bond donors (Lipinski definition) is 0. The number of Topliss-reactive ketones (excluding diaryl/α,β-unsaturated/α-hetero) is 1. The third kappa shape index (κ3) is 4.24. The molecule has 0 aliphatic heterocycles. The molecule has 0 bridgehead atoms. The topological polar surface area (TPSA) is 69.2 Å². The molecule has 0 fully saturated rings. The highest BCUT2D eigenvalue weighted by Crippen LogP contribution is 2.46. The lowest BCUT2D eigenvalue weighted by atomic mass is 9.66. The molecule has 0 radical (unpaired) electrons. The number of rotatable bonds is 4. The Bertz CT molecular complexity index is 916. The van der Waals surface area contributed by atoms with E-state index in [1.54, 1.807) is 24.3 Å². The van der Waals surface area contributed by atoms with E-state index in [0.717, 1.165) is 7.11 Å². The lowest BCUT2D eigenvalue weighted by Crippen LogP contribution is -2.41. The lowest BCUT2D eigenvalue weighted by Gasteiger charge is -2.36. The van der Waals surface area contributed by atoms with Crippen LogP contribution >= 0.6 is 15.9 Å². The molecular formula is C19H16BrF3N2O3. The van der Waals surface area contributed by atoms with Crippen molar-refractivity contribution in [2.24, 2.45) is 5.41 Å². The summed E-state index contributed by atoms with van der Waals surface area (Å²) < 4.78 is 44.7. The van der Waals surface area contributed by atoms with E-state index in [0.29, 0.717) is 21.4 Å². The van der Waals surface area contributed by atoms with Crippen molar-refractivity contribution in [1.82, 2.24) is 10.2 Å². The number of esters is 1. The number of benzene rings is 1. The highest BCUT2D eigenvalue weighted by Gasteiger charge is 2.51. The number of methoxy groups -OCH3 is 1. The quantitative estimate of drug-likeness (QED) is 0.631. The highest BCUT2D eigenvalue weighted by molar-refractivity contribution is 9.10. The second-order valence-corrected chi connectivity index (χ2v) is 7.58. The van der Waals surface area contributed by atoms with Crippen LogP contribution in [0.4, 0.5) is 13.2 Å². The standard InChI is InChI=1S/C19H16BrF3N2O3/c1-28-16(26)9-18(10-19(21,22)23)7-6-11-8-12(2-3-13(11)17(18)27)14-4-5-15(20)25-24-14/h2-5,8H,6-7,9-10H2,1H3. The van der Waals surface area contributed by atoms with Crippen LogP contribution in [0, 0.1) is 5.41 Å². The summed E-state index contributed by atoms with van der Waals surface area (Å²) in [6, 6.07) is 8.32. The van der Waals surface area contributed by atoms with Crippen LogP contribution in [0.3, 0.4) is 0 Å². The van der Waals surface area contributed by atoms with Gasteiger partial charge in [0, 0.05) is 11.1 Å². The molecule has 1 aliphatic rings. The van der Waals surface area contributed by atoms with Crippen LogP contribution in [0.25, 0.3) is 11.3 Å². The van der Waals surface area contributed by atoms with E-state index in [9.17, 15) is 22.8 Å². The number of hydrogen-bond acceptors (Lipinski definition) is 5. The van der Waals surface area contributed by atoms with Crippen molar-refractivity contribution in [3.05, 3.63) is 46.1 Å². The Morgan fingerprint density at radius 2 is 2.00 bits per heavy atom. The van der Waals surface area contributed by atoms with E-state index in [1.165, 1.54) is 6.07 Å². The van der Waals surface area contributed by atoms with E-state index in [2.05, 4.69) is 30.9 Å². The Kier molecular flexibility index (Phi) is 5.56. The van der Waals surface area contributed by atoms with Crippen LogP contribution in [0.5, 0.6) is 0 Å². The van der Waals surface area contributed by atoms with Crippen LogP contribution < -0.4 is 0 Å². The maximum Gasteiger partial charge on any atom is 0.390 e. The summed E-state index contributed by atoms with van der Waals surface area (Å²) in [7, 11) is 1.09. The molecular weight excluding hydrogens is 441 g/mol. The normalized spacial score (nSPS) is 19.2. The van der Waals surface area contributed by atoms with Gasteiger partial charge >= 0.3 is 12.1 Å². The maximum absolute atomic E-state index is 13.2. The van der Waals surface area contributed by atoms with Gasteiger partial charge in [-0.3, -0.25) is 9.59 Å². The molecule has 0 saturated carbocycles. The van der Waals surface area contributed by atoms with Gasteiger partial charge in [0.05, 0.1) is 31.1 Å². The van der Waals surface area contributed by atoms with Gasteiger partial charge in [-0.1, -0.05) is 12.1 Å². The largest absolute Gasteiger partial charge is 0.469 e. The molecule has 1 atom stereocenters. The van der Waals surface area contributed by atoms with Gasteiger partial charge in [0.2, 0.25) is 0 Å². The summed E-state index contributed by atoms with van der Waals surface area (Å²) >= 11 is 3.20. The van der Waals surface area contributed by atoms with Crippen molar-refractivity contribution in [2.75, 3.05) is 7.11 Å². The van der Waals surface area contributed by atoms with Gasteiger partial charge in [-0.25, -0.2) is 0 Å². The first-order valence-corrected chi connectivity index (χ1v) is 9.24. The Hall–Kier alpha value is -2.29. The summed E-state index contributed by atoms with van der Waals surface area (Å²) in [5, 5.41) is 7.96. The first kappa shape index (κ1) is 20.4. The second-order valence-electron chi connectivity index (χ2n) is 6.77. The molecule has 1 aliphatic carbocycles. The number of aryl methyl sites for hydroxylation is 1. The first-order valence-electron chi connectivity index (χ1n) is 8.44. The summed E-state index contributed by atoms with van der Waals surface area (Å²) in [5.41, 5.74) is 0.295. The minimum absolute atomic E-state index is 0.0804. The summed E-state index contributed by atoms with van der Waals surface area (Å²) in [6.45, 7) is 0. The average Bonchev–Trinajstić information content (AvgIpc) is 2.64. The van der Waals surface area contributed by atoms with E-state index in [-0.39, 0.29) is 18.4 Å². The number of fused-ring (bicyclic) bond motifs is 1. The maximum atomic E-state index is 13.2. The van der Waals surface area contributed by atoms with Crippen molar-refractivity contribution in [3.8, 4) is 11.3 Å². The number of ether oxygens (including phenoxy) is 1. The van der Waals surface area contributed by atoms with Gasteiger partial charge in [-0.2, -0.15) is 13.2 Å². The molecule has 2 aromatic rings. The van der Waals surface area contributed by atoms with Crippen molar-refractivity contribution in [3.63, 3.8) is 0 Å². The van der Waals surface area contributed by atoms with Crippen molar-refractivity contribution in [1.29, 1.82) is 0 Å². The molecule has 0 amide bonds. The monoisotopic (exact) mass is 456 g/mol. The third-order valence-corrected chi connectivity index (χ3v) is 5.30. The van der Waals surface area contributed by atoms with Gasteiger partial charge in [0.1, 0.15) is 4.60 Å². The number of nitrogens with zero attached hydrogens (tertiary/aromatic N) is 2. The summed E-state index contributed by atoms with van der Waals surface area (Å²) in [4.78, 5) is 24.8. The molecule has 1 aromatic carbocycles. The van der Waals surface area contributed by atoms with E-state index >= 15 is 0 Å². The van der Waals surface area contributed by atoms with Crippen LogP contribution in [0.15, 0.2) is 34.9 Å². The molecule has 0 spiro atoms. The van der Waals surface area contributed by atoms with E-state index in [1.807, 2.05) is 0 Å². The summed E-state index contributed by atoms with van der Waals surface area (Å²) in [6.07, 6.45) is -6.36. The summed E-state index contributed by atoms with van der Waals surface area (Å²) in [5.74, 6) is -1.51. The number of alkyl halides is 3. The number of ketones is 1. The number of aromatic nitrogens is 2. The van der Waals surface area contributed by atoms with Gasteiger partial charge < -0.3 is 4.74 Å². The molecule has 1 unspecified atom stereocenters. The van der Waals surface area contributed by atoms with Crippen molar-refractivity contribution in [2.45, 2.75) is 31.9 Å². The fraction of sp³-hybridized carbons (Fsp3) is 0.368. The van der Waals surface area contributed by atoms with Gasteiger partial charge in [-0.05, 0) is 52.5 Å². The third-order valence-electron chi connectivity index (χ3n) is 4.88. The number of carbonyl (C=O) groups excluding carboxylic acids is 2. The van der Waals surface area contributed by atoms with Crippen LogP contribution in [-0.2, 0) is 16.0 Å². The number of carbonyl (C=O) groups is 2. The SMILES string of the molecule is COC(=O)CC1(CC(F)(F)F)CCc2cc(-c3ccc(Br)nn3)ccc2C1=O. The van der Waals surface area contributed by atoms with Gasteiger partial charge in [0.25, 0.3) is 0 Å². The molecule has 148 valence electrons. The van der Waals surface area contributed by atoms with E-state index in [4.69, 9.17) is 0 Å². The van der Waals surface area contributed by atoms with Crippen molar-refractivity contribution < 1.29 is 27.5 Å². The zero-order valence-electron chi connectivity index (χ0n) is 14.8. The van der Waals surface area contributed by atoms with Gasteiger partial charge in [-0.15, -0.1) is 10.2 Å². The van der Waals surface area contributed by atoms with Crippen LogP contribution in [0.1, 0.15) is 35.2 Å². The van der Waals surface area contributed by atoms with Crippen molar-refractivity contribution >= 4 is 27.7 Å². The Labute approximate surface area is 167 Å². The Morgan fingerprint density at radius 1 is 1.25 bits per heavy atom. The molecule has 3 rings (SSSR count). The smallest absolute Gasteiger partial charge is 0.390 e.